The van der Waals surface area contributed by atoms with Crippen LogP contribution in [-0.2, 0) is 16.4 Å². The van der Waals surface area contributed by atoms with Crippen molar-refractivity contribution in [3.05, 3.63) is 70.9 Å². The van der Waals surface area contributed by atoms with Crippen LogP contribution in [0.4, 0.5) is 19.0 Å². The minimum absolute atomic E-state index is 0.0626. The van der Waals surface area contributed by atoms with E-state index in [2.05, 4.69) is 0 Å². The largest absolute Gasteiger partial charge is 0.497 e. The van der Waals surface area contributed by atoms with Gasteiger partial charge >= 0.3 is 6.18 Å². The van der Waals surface area contributed by atoms with Crippen LogP contribution in [0, 0.1) is 11.3 Å². The molecule has 1 saturated carbocycles. The number of hydrogen-bond acceptors (Lipinski definition) is 4. The molecular formula is C30H32F3N3O2. The fraction of sp³-hybridized carbons (Fsp3) is 0.433. The average molecular weight is 524 g/mol. The van der Waals surface area contributed by atoms with Gasteiger partial charge < -0.3 is 4.74 Å². The molecule has 0 amide bonds. The van der Waals surface area contributed by atoms with E-state index in [1.807, 2.05) is 58.9 Å². The lowest BCUT2D eigenvalue weighted by Gasteiger charge is -2.41. The molecule has 1 aliphatic heterocycles. The Bertz CT molecular complexity index is 1410. The molecule has 0 spiro atoms. The van der Waals surface area contributed by atoms with Crippen molar-refractivity contribution in [2.75, 3.05) is 7.11 Å². The molecule has 2 unspecified atom stereocenters. The van der Waals surface area contributed by atoms with Gasteiger partial charge in [-0.1, -0.05) is 46.8 Å². The van der Waals surface area contributed by atoms with Gasteiger partial charge in [0, 0.05) is 29.0 Å². The summed E-state index contributed by atoms with van der Waals surface area (Å²) in [7, 11) is 1.60. The number of halogens is 3. The molecule has 0 saturated heterocycles. The third kappa shape index (κ3) is 4.54. The second kappa shape index (κ2) is 8.82. The van der Waals surface area contributed by atoms with E-state index < -0.39 is 29.0 Å². The summed E-state index contributed by atoms with van der Waals surface area (Å²) in [5.74, 6) is 0.375. The van der Waals surface area contributed by atoms with Crippen LogP contribution in [0.1, 0.15) is 75.8 Å². The minimum Gasteiger partial charge on any atom is -0.497 e. The molecule has 8 heteroatoms. The number of hydrogen-bond donors (Lipinski definition) is 0. The summed E-state index contributed by atoms with van der Waals surface area (Å²) in [6.07, 6.45) is -3.43. The van der Waals surface area contributed by atoms with Gasteiger partial charge in [-0.25, -0.2) is 9.67 Å². The highest BCUT2D eigenvalue weighted by molar-refractivity contribution is 6.11. The monoisotopic (exact) mass is 523 g/mol. The lowest BCUT2D eigenvalue weighted by atomic mass is 9.63. The molecule has 2 aromatic carbocycles. The maximum absolute atomic E-state index is 13.7. The molecule has 5 nitrogen and oxygen atoms in total. The van der Waals surface area contributed by atoms with E-state index in [0.29, 0.717) is 30.0 Å². The lowest BCUT2D eigenvalue weighted by molar-refractivity contribution is -0.137. The second-order valence-electron chi connectivity index (χ2n) is 12.1. The Morgan fingerprint density at radius 1 is 0.947 bits per heavy atom. The number of aromatic nitrogens is 2. The van der Waals surface area contributed by atoms with Gasteiger partial charge in [0.2, 0.25) is 0 Å². The van der Waals surface area contributed by atoms with Crippen LogP contribution in [0.5, 0.6) is 5.75 Å². The highest BCUT2D eigenvalue weighted by atomic mass is 19.4. The summed E-state index contributed by atoms with van der Waals surface area (Å²) >= 11 is 0. The normalized spacial score (nSPS) is 21.0. The van der Waals surface area contributed by atoms with Gasteiger partial charge in [0.15, 0.2) is 5.82 Å². The summed E-state index contributed by atoms with van der Waals surface area (Å²) in [5.41, 5.74) is 2.40. The molecule has 2 atom stereocenters. The number of fused-ring (bicyclic) bond motifs is 2. The molecule has 38 heavy (non-hydrogen) atoms. The Morgan fingerprint density at radius 3 is 2.13 bits per heavy atom. The summed E-state index contributed by atoms with van der Waals surface area (Å²) in [4.78, 5) is 18.8. The van der Waals surface area contributed by atoms with Gasteiger partial charge in [-0.2, -0.15) is 18.3 Å². The van der Waals surface area contributed by atoms with E-state index in [-0.39, 0.29) is 11.2 Å². The first kappa shape index (κ1) is 26.2. The van der Waals surface area contributed by atoms with E-state index in [1.165, 1.54) is 12.1 Å². The van der Waals surface area contributed by atoms with Gasteiger partial charge in [0.05, 0.1) is 30.0 Å². The quantitative estimate of drug-likeness (QED) is 0.359. The Hall–Kier alpha value is -3.42. The van der Waals surface area contributed by atoms with Crippen LogP contribution in [-0.4, -0.2) is 28.4 Å². The molecule has 1 aromatic heterocycles. The summed E-state index contributed by atoms with van der Waals surface area (Å²) < 4.78 is 47.3. The fourth-order valence-corrected chi connectivity index (χ4v) is 5.73. The number of methoxy groups -OCH3 is 1. The van der Waals surface area contributed by atoms with Crippen LogP contribution < -0.4 is 4.74 Å². The van der Waals surface area contributed by atoms with Crippen molar-refractivity contribution in [2.45, 2.75) is 65.0 Å². The minimum atomic E-state index is -4.44. The van der Waals surface area contributed by atoms with Crippen LogP contribution in [0.15, 0.2) is 53.5 Å². The van der Waals surface area contributed by atoms with Gasteiger partial charge in [-0.15, -0.1) is 0 Å². The Morgan fingerprint density at radius 2 is 1.58 bits per heavy atom. The molecule has 0 N–H and O–H groups in total. The first-order valence-electron chi connectivity index (χ1n) is 12.7. The van der Waals surface area contributed by atoms with Crippen molar-refractivity contribution in [1.29, 1.82) is 0 Å². The zero-order valence-electron chi connectivity index (χ0n) is 22.5. The average Bonchev–Trinajstić information content (AvgIpc) is 3.21. The number of alkyl halides is 3. The van der Waals surface area contributed by atoms with Crippen molar-refractivity contribution in [3.8, 4) is 11.4 Å². The van der Waals surface area contributed by atoms with Gasteiger partial charge in [-0.05, 0) is 53.8 Å². The van der Waals surface area contributed by atoms with Crippen molar-refractivity contribution in [3.63, 3.8) is 0 Å². The van der Waals surface area contributed by atoms with Crippen LogP contribution in [0.2, 0.25) is 0 Å². The molecule has 2 aliphatic rings. The number of aliphatic imine (C=N–C) groups is 1. The fourth-order valence-electron chi connectivity index (χ4n) is 5.73. The first-order chi connectivity index (χ1) is 17.7. The van der Waals surface area contributed by atoms with Crippen molar-refractivity contribution in [1.82, 2.24) is 9.78 Å². The number of benzene rings is 2. The molecule has 2 heterocycles. The second-order valence-corrected chi connectivity index (χ2v) is 12.1. The maximum atomic E-state index is 13.7. The zero-order valence-corrected chi connectivity index (χ0v) is 22.5. The summed E-state index contributed by atoms with van der Waals surface area (Å²) in [6, 6.07) is 12.7. The molecule has 1 aliphatic carbocycles. The number of carbonyl (C=O) groups is 1. The van der Waals surface area contributed by atoms with E-state index in [0.717, 1.165) is 34.8 Å². The molecule has 200 valence electrons. The predicted octanol–water partition coefficient (Wildman–Crippen LogP) is 7.42. The zero-order chi connectivity index (χ0) is 27.6. The van der Waals surface area contributed by atoms with Crippen LogP contribution >= 0.6 is 0 Å². The highest BCUT2D eigenvalue weighted by Gasteiger charge is 2.49. The summed E-state index contributed by atoms with van der Waals surface area (Å²) in [5, 5.41) is 5.02. The maximum Gasteiger partial charge on any atom is 0.416 e. The van der Waals surface area contributed by atoms with Crippen LogP contribution in [0.3, 0.4) is 0 Å². The number of nitrogens with zero attached hydrogens (tertiary/aromatic N) is 3. The molecule has 1 fully saturated rings. The van der Waals surface area contributed by atoms with Gasteiger partial charge in [0.25, 0.3) is 0 Å². The lowest BCUT2D eigenvalue weighted by Crippen LogP contribution is -2.42. The third-order valence-corrected chi connectivity index (χ3v) is 7.43. The molecule has 3 aromatic rings. The van der Waals surface area contributed by atoms with Crippen molar-refractivity contribution >= 4 is 17.3 Å². The van der Waals surface area contributed by atoms with E-state index in [4.69, 9.17) is 14.8 Å². The Balaban J connectivity index is 1.78. The standard InChI is InChI=1S/C30H32F3N3O2/c1-28(2,3)26-25-23(17-7-9-18(10-8-17)30(31,32)33)24-21(15-29(4,5)16-22(24)37)34-27(25)36(35-26)19-11-13-20(38-6)14-12-19/h7-14,23-24H,15-16H2,1-6H3. The van der Waals surface area contributed by atoms with E-state index >= 15 is 0 Å². The van der Waals surface area contributed by atoms with Crippen molar-refractivity contribution in [2.24, 2.45) is 16.3 Å². The van der Waals surface area contributed by atoms with Crippen molar-refractivity contribution < 1.29 is 22.7 Å². The smallest absolute Gasteiger partial charge is 0.416 e. The molecule has 0 radical (unpaired) electrons. The van der Waals surface area contributed by atoms with Gasteiger partial charge in [0.1, 0.15) is 11.5 Å². The Kier molecular flexibility index (Phi) is 6.08. The number of rotatable bonds is 3. The predicted molar refractivity (Wildman–Crippen MR) is 141 cm³/mol. The van der Waals surface area contributed by atoms with E-state index in [9.17, 15) is 18.0 Å². The van der Waals surface area contributed by atoms with Crippen LogP contribution in [0.25, 0.3) is 5.69 Å². The molecule has 0 bridgehead atoms. The number of ether oxygens (including phenoxy) is 1. The third-order valence-electron chi connectivity index (χ3n) is 7.43. The topological polar surface area (TPSA) is 56.5 Å². The number of Topliss-reactive ketones (excluding diaryl/α,β-unsaturated/α-hetero) is 1. The molecule has 5 rings (SSSR count). The molecular weight excluding hydrogens is 491 g/mol. The number of ketones is 1. The first-order valence-corrected chi connectivity index (χ1v) is 12.7. The van der Waals surface area contributed by atoms with Gasteiger partial charge in [-0.3, -0.25) is 4.79 Å². The summed E-state index contributed by atoms with van der Waals surface area (Å²) in [6.45, 7) is 10.2. The number of carbonyl (C=O) groups excluding carboxylic acids is 1. The SMILES string of the molecule is COc1ccc(-n2nc(C(C)(C)C)c3c2N=C2CC(C)(C)CC(=O)C2C3c2ccc(C(F)(F)F)cc2)cc1. The highest BCUT2D eigenvalue weighted by Crippen LogP contribution is 2.52. The Labute approximate surface area is 220 Å². The van der Waals surface area contributed by atoms with E-state index in [1.54, 1.807) is 11.8 Å².